The summed E-state index contributed by atoms with van der Waals surface area (Å²) in [6.07, 6.45) is 2.19. The lowest BCUT2D eigenvalue weighted by molar-refractivity contribution is -0.114. The number of hydrogen-bond donors (Lipinski definition) is 2. The van der Waals surface area contributed by atoms with Gasteiger partial charge < -0.3 is 10.6 Å². The fraction of sp³-hybridized carbons (Fsp3) is 0. The van der Waals surface area contributed by atoms with Gasteiger partial charge in [0.05, 0.1) is 20.1 Å². The maximum absolute atomic E-state index is 11.8. The molecule has 0 bridgehead atoms. The second-order valence-electron chi connectivity index (χ2n) is 4.57. The summed E-state index contributed by atoms with van der Waals surface area (Å²) in [6, 6.07) is 9.31. The Bertz CT molecular complexity index is 754. The van der Waals surface area contributed by atoms with Gasteiger partial charge in [-0.25, -0.2) is 0 Å². The second kappa shape index (κ2) is 8.40. The predicted molar refractivity (Wildman–Crippen MR) is 99.3 cm³/mol. The first-order valence-corrected chi connectivity index (χ1v) is 8.06. The van der Waals surface area contributed by atoms with Crippen LogP contribution in [0.25, 0.3) is 0 Å². The average Bonchev–Trinajstić information content (AvgIpc) is 2.53. The molecule has 2 aromatic carbocycles. The predicted octanol–water partition coefficient (Wildman–Crippen LogP) is 5.43. The Morgan fingerprint density at radius 3 is 1.38 bits per heavy atom. The van der Waals surface area contributed by atoms with Gasteiger partial charge in [-0.1, -0.05) is 46.4 Å². The van der Waals surface area contributed by atoms with E-state index in [0.717, 1.165) is 12.2 Å². The van der Waals surface area contributed by atoms with Gasteiger partial charge in [0.2, 0.25) is 11.8 Å². The first-order valence-electron chi connectivity index (χ1n) is 6.55. The number of carbonyl (C=O) groups is 2. The Hall–Kier alpha value is -1.72. The Balaban J connectivity index is 1.93. The van der Waals surface area contributed by atoms with Crippen LogP contribution in [0, 0.1) is 0 Å². The zero-order chi connectivity index (χ0) is 17.7. The van der Waals surface area contributed by atoms with Gasteiger partial charge in [0.15, 0.2) is 0 Å². The quantitative estimate of drug-likeness (QED) is 0.668. The SMILES string of the molecule is O=C(C=CC(=O)Nc1ccc(Cl)c(Cl)c1)Nc1ccc(Cl)c(Cl)c1. The van der Waals surface area contributed by atoms with Crippen LogP contribution in [0.4, 0.5) is 11.4 Å². The van der Waals surface area contributed by atoms with Crippen LogP contribution in [-0.4, -0.2) is 11.8 Å². The molecule has 4 nitrogen and oxygen atoms in total. The molecular formula is C16H10Cl4N2O2. The van der Waals surface area contributed by atoms with Crippen molar-refractivity contribution in [3.63, 3.8) is 0 Å². The smallest absolute Gasteiger partial charge is 0.248 e. The van der Waals surface area contributed by atoms with Gasteiger partial charge in [-0.3, -0.25) is 9.59 Å². The van der Waals surface area contributed by atoms with Crippen molar-refractivity contribution >= 4 is 69.6 Å². The lowest BCUT2D eigenvalue weighted by atomic mass is 10.3. The van der Waals surface area contributed by atoms with Crippen molar-refractivity contribution in [3.8, 4) is 0 Å². The molecule has 0 saturated carbocycles. The third-order valence-corrected chi connectivity index (χ3v) is 4.24. The highest BCUT2D eigenvalue weighted by Gasteiger charge is 2.04. The van der Waals surface area contributed by atoms with Crippen LogP contribution < -0.4 is 10.6 Å². The normalized spacial score (nSPS) is 10.7. The third kappa shape index (κ3) is 5.42. The van der Waals surface area contributed by atoms with Crippen LogP contribution in [0.2, 0.25) is 20.1 Å². The first-order chi connectivity index (χ1) is 11.3. The van der Waals surface area contributed by atoms with E-state index in [9.17, 15) is 9.59 Å². The molecular weight excluding hydrogens is 394 g/mol. The van der Waals surface area contributed by atoms with E-state index in [1.807, 2.05) is 0 Å². The van der Waals surface area contributed by atoms with Gasteiger partial charge in [0, 0.05) is 23.5 Å². The lowest BCUT2D eigenvalue weighted by Gasteiger charge is -2.04. The van der Waals surface area contributed by atoms with E-state index >= 15 is 0 Å². The van der Waals surface area contributed by atoms with E-state index in [2.05, 4.69) is 10.6 Å². The zero-order valence-corrected chi connectivity index (χ0v) is 15.0. The molecule has 0 fully saturated rings. The molecule has 124 valence electrons. The number of benzene rings is 2. The van der Waals surface area contributed by atoms with Crippen LogP contribution in [-0.2, 0) is 9.59 Å². The van der Waals surface area contributed by atoms with Gasteiger partial charge in [-0.15, -0.1) is 0 Å². The summed E-state index contributed by atoms with van der Waals surface area (Å²) in [4.78, 5) is 23.5. The number of hydrogen-bond acceptors (Lipinski definition) is 2. The molecule has 2 rings (SSSR count). The zero-order valence-electron chi connectivity index (χ0n) is 11.9. The summed E-state index contributed by atoms with van der Waals surface area (Å²) in [5.74, 6) is -0.977. The number of halogens is 4. The molecule has 0 saturated heterocycles. The molecule has 0 aliphatic rings. The summed E-state index contributed by atoms with van der Waals surface area (Å²) in [5, 5.41) is 6.51. The first kappa shape index (κ1) is 18.6. The Labute approximate surface area is 158 Å². The van der Waals surface area contributed by atoms with Gasteiger partial charge in [-0.05, 0) is 36.4 Å². The number of nitrogens with one attached hydrogen (secondary N) is 2. The molecule has 0 atom stereocenters. The molecule has 0 spiro atoms. The minimum absolute atomic E-state index is 0.316. The van der Waals surface area contributed by atoms with Crippen molar-refractivity contribution < 1.29 is 9.59 Å². The average molecular weight is 404 g/mol. The third-order valence-electron chi connectivity index (χ3n) is 2.76. The molecule has 2 N–H and O–H groups in total. The Morgan fingerprint density at radius 1 is 0.667 bits per heavy atom. The van der Waals surface area contributed by atoms with Gasteiger partial charge >= 0.3 is 0 Å². The molecule has 24 heavy (non-hydrogen) atoms. The number of rotatable bonds is 4. The standard InChI is InChI=1S/C16H10Cl4N2O2/c17-11-3-1-9(7-13(11)19)21-15(23)5-6-16(24)22-10-2-4-12(18)14(20)8-10/h1-8H,(H,21,23)(H,22,24). The summed E-state index contributed by atoms with van der Waals surface area (Å²) in [7, 11) is 0. The van der Waals surface area contributed by atoms with E-state index in [1.54, 1.807) is 24.3 Å². The van der Waals surface area contributed by atoms with Crippen LogP contribution in [0.1, 0.15) is 0 Å². The van der Waals surface area contributed by atoms with Crippen molar-refractivity contribution in [3.05, 3.63) is 68.6 Å². The van der Waals surface area contributed by atoms with E-state index in [4.69, 9.17) is 46.4 Å². The fourth-order valence-electron chi connectivity index (χ4n) is 1.67. The van der Waals surface area contributed by atoms with E-state index < -0.39 is 11.8 Å². The molecule has 2 amide bonds. The summed E-state index contributed by atoms with van der Waals surface area (Å²) in [5.41, 5.74) is 0.924. The van der Waals surface area contributed by atoms with E-state index in [1.165, 1.54) is 12.1 Å². The maximum Gasteiger partial charge on any atom is 0.248 e. The minimum Gasteiger partial charge on any atom is -0.322 e. The molecule has 0 heterocycles. The molecule has 0 aliphatic heterocycles. The topological polar surface area (TPSA) is 58.2 Å². The van der Waals surface area contributed by atoms with Gasteiger partial charge in [0.1, 0.15) is 0 Å². The van der Waals surface area contributed by atoms with Crippen LogP contribution in [0.5, 0.6) is 0 Å². The van der Waals surface area contributed by atoms with Crippen LogP contribution in [0.3, 0.4) is 0 Å². The molecule has 0 unspecified atom stereocenters. The second-order valence-corrected chi connectivity index (χ2v) is 6.20. The number of anilines is 2. The summed E-state index contributed by atoms with van der Waals surface area (Å²) in [6.45, 7) is 0. The molecule has 8 heteroatoms. The number of carbonyl (C=O) groups excluding carboxylic acids is 2. The van der Waals surface area contributed by atoms with Crippen LogP contribution >= 0.6 is 46.4 Å². The van der Waals surface area contributed by atoms with Crippen molar-refractivity contribution in [2.24, 2.45) is 0 Å². The Kier molecular flexibility index (Phi) is 6.52. The van der Waals surface area contributed by atoms with Crippen molar-refractivity contribution in [1.82, 2.24) is 0 Å². The summed E-state index contributed by atoms with van der Waals surface area (Å²) >= 11 is 23.3. The lowest BCUT2D eigenvalue weighted by Crippen LogP contribution is -2.12. The molecule has 2 aromatic rings. The maximum atomic E-state index is 11.8. The summed E-state index contributed by atoms with van der Waals surface area (Å²) < 4.78 is 0. The number of amides is 2. The van der Waals surface area contributed by atoms with E-state index in [-0.39, 0.29) is 0 Å². The Morgan fingerprint density at radius 2 is 1.04 bits per heavy atom. The van der Waals surface area contributed by atoms with Crippen molar-refractivity contribution in [1.29, 1.82) is 0 Å². The monoisotopic (exact) mass is 402 g/mol. The van der Waals surface area contributed by atoms with Gasteiger partial charge in [0.25, 0.3) is 0 Å². The highest BCUT2D eigenvalue weighted by Crippen LogP contribution is 2.25. The molecule has 0 aromatic heterocycles. The van der Waals surface area contributed by atoms with Crippen LogP contribution in [0.15, 0.2) is 48.6 Å². The van der Waals surface area contributed by atoms with Gasteiger partial charge in [-0.2, -0.15) is 0 Å². The minimum atomic E-state index is -0.488. The van der Waals surface area contributed by atoms with Crippen molar-refractivity contribution in [2.45, 2.75) is 0 Å². The largest absolute Gasteiger partial charge is 0.322 e. The highest BCUT2D eigenvalue weighted by atomic mass is 35.5. The molecule has 0 radical (unpaired) electrons. The fourth-order valence-corrected chi connectivity index (χ4v) is 2.26. The molecule has 0 aliphatic carbocycles. The van der Waals surface area contributed by atoms with E-state index in [0.29, 0.717) is 31.5 Å². The highest BCUT2D eigenvalue weighted by molar-refractivity contribution is 6.42. The van der Waals surface area contributed by atoms with Crippen molar-refractivity contribution in [2.75, 3.05) is 10.6 Å².